The van der Waals surface area contributed by atoms with Crippen LogP contribution in [0, 0.1) is 12.7 Å². The zero-order chi connectivity index (χ0) is 20.6. The first-order valence-electron chi connectivity index (χ1n) is 8.52. The minimum atomic E-state index is -3.70. The van der Waals surface area contributed by atoms with Crippen LogP contribution in [0.2, 0.25) is 0 Å². The number of fused-ring (bicyclic) bond motifs is 1. The molecule has 2 heterocycles. The van der Waals surface area contributed by atoms with Crippen molar-refractivity contribution in [3.8, 4) is 0 Å². The van der Waals surface area contributed by atoms with Crippen LogP contribution in [0.15, 0.2) is 35.1 Å². The van der Waals surface area contributed by atoms with E-state index in [2.05, 4.69) is 36.2 Å². The molecule has 3 aromatic rings. The molecule has 3 rings (SSSR count). The third kappa shape index (κ3) is 3.81. The van der Waals surface area contributed by atoms with Crippen molar-refractivity contribution in [2.75, 3.05) is 5.32 Å². The van der Waals surface area contributed by atoms with Gasteiger partial charge in [0, 0.05) is 10.9 Å². The maximum Gasteiger partial charge on any atom is 0.301 e. The summed E-state index contributed by atoms with van der Waals surface area (Å²) in [6.45, 7) is 4.28. The molecule has 2 atom stereocenters. The van der Waals surface area contributed by atoms with Crippen molar-refractivity contribution in [1.29, 1.82) is 0 Å². The summed E-state index contributed by atoms with van der Waals surface area (Å²) >= 11 is 3.29. The number of nitrogens with zero attached hydrogens (tertiary/aromatic N) is 3. The minimum absolute atomic E-state index is 0.0374. The molecule has 9 heteroatoms. The van der Waals surface area contributed by atoms with Gasteiger partial charge in [-0.05, 0) is 48.8 Å². The summed E-state index contributed by atoms with van der Waals surface area (Å²) in [6, 6.07) is 4.78. The first-order chi connectivity index (χ1) is 13.1. The Morgan fingerprint density at radius 1 is 1.21 bits per heavy atom. The Hall–Kier alpha value is -2.26. The molecule has 0 saturated carbocycles. The largest absolute Gasteiger partial charge is 0.387 e. The highest BCUT2D eigenvalue weighted by Gasteiger charge is 2.40. The van der Waals surface area contributed by atoms with Crippen LogP contribution in [-0.4, -0.2) is 26.2 Å². The summed E-state index contributed by atoms with van der Waals surface area (Å²) < 4.78 is 43.8. The highest BCUT2D eigenvalue weighted by molar-refractivity contribution is 9.10. The molecule has 2 aromatic heterocycles. The Morgan fingerprint density at radius 2 is 1.93 bits per heavy atom. The number of aliphatic hydroxyl groups excluding tert-OH is 1. The summed E-state index contributed by atoms with van der Waals surface area (Å²) in [4.78, 5) is 12.8. The number of aliphatic hydroxyl groups is 1. The van der Waals surface area contributed by atoms with E-state index in [0.29, 0.717) is 27.1 Å². The molecule has 0 aliphatic rings. The molecule has 28 heavy (non-hydrogen) atoms. The lowest BCUT2D eigenvalue weighted by molar-refractivity contribution is -0.108. The molecule has 0 spiro atoms. The van der Waals surface area contributed by atoms with Crippen molar-refractivity contribution in [1.82, 2.24) is 15.0 Å². The topological polar surface area (TPSA) is 70.9 Å². The standard InChI is InChI=1S/C19H18BrF3N4O/c1-9(12-5-4-6-14(17(12)21)19(22,23)10(2)28)25-18-13-7-16(20)24-8-15(13)26-11(3)27-18/h4-10,28H,1-3H3,(H,25,26,27)/t9-,10?/m1/s1. The van der Waals surface area contributed by atoms with Gasteiger partial charge in [0.05, 0.1) is 23.3 Å². The van der Waals surface area contributed by atoms with E-state index in [4.69, 9.17) is 0 Å². The first-order valence-corrected chi connectivity index (χ1v) is 9.31. The number of alkyl halides is 2. The van der Waals surface area contributed by atoms with E-state index < -0.39 is 29.4 Å². The van der Waals surface area contributed by atoms with Crippen molar-refractivity contribution in [2.45, 2.75) is 38.8 Å². The van der Waals surface area contributed by atoms with Crippen LogP contribution in [0.5, 0.6) is 0 Å². The first kappa shape index (κ1) is 20.5. The molecule has 5 nitrogen and oxygen atoms in total. The second-order valence-electron chi connectivity index (χ2n) is 6.52. The van der Waals surface area contributed by atoms with E-state index in [1.807, 2.05) is 0 Å². The van der Waals surface area contributed by atoms with E-state index in [9.17, 15) is 18.3 Å². The van der Waals surface area contributed by atoms with Crippen LogP contribution in [-0.2, 0) is 5.92 Å². The average molecular weight is 455 g/mol. The van der Waals surface area contributed by atoms with Crippen LogP contribution in [0.1, 0.15) is 36.8 Å². The van der Waals surface area contributed by atoms with Gasteiger partial charge in [0.2, 0.25) is 0 Å². The molecule has 2 N–H and O–H groups in total. The second kappa shape index (κ2) is 7.63. The zero-order valence-corrected chi connectivity index (χ0v) is 16.9. The summed E-state index contributed by atoms with van der Waals surface area (Å²) in [5.74, 6) is -3.84. The Balaban J connectivity index is 2.02. The summed E-state index contributed by atoms with van der Waals surface area (Å²) in [5, 5.41) is 13.1. The lowest BCUT2D eigenvalue weighted by Gasteiger charge is -2.23. The fourth-order valence-electron chi connectivity index (χ4n) is 2.88. The summed E-state index contributed by atoms with van der Waals surface area (Å²) in [7, 11) is 0. The molecule has 1 aromatic carbocycles. The molecule has 148 valence electrons. The smallest absolute Gasteiger partial charge is 0.301 e. The van der Waals surface area contributed by atoms with Gasteiger partial charge in [-0.3, -0.25) is 0 Å². The van der Waals surface area contributed by atoms with Crippen molar-refractivity contribution in [2.24, 2.45) is 0 Å². The number of aromatic nitrogens is 3. The molecule has 0 saturated heterocycles. The van der Waals surface area contributed by atoms with Crippen LogP contribution in [0.25, 0.3) is 10.9 Å². The van der Waals surface area contributed by atoms with Crippen molar-refractivity contribution >= 4 is 32.7 Å². The van der Waals surface area contributed by atoms with Gasteiger partial charge in [0.25, 0.3) is 0 Å². The molecule has 1 unspecified atom stereocenters. The fourth-order valence-corrected chi connectivity index (χ4v) is 3.21. The Kier molecular flexibility index (Phi) is 5.58. The van der Waals surface area contributed by atoms with E-state index in [0.717, 1.165) is 13.0 Å². The van der Waals surface area contributed by atoms with Gasteiger partial charge in [0.1, 0.15) is 28.2 Å². The van der Waals surface area contributed by atoms with Crippen LogP contribution in [0.3, 0.4) is 0 Å². The number of benzene rings is 1. The highest BCUT2D eigenvalue weighted by Crippen LogP contribution is 2.36. The van der Waals surface area contributed by atoms with Gasteiger partial charge >= 0.3 is 5.92 Å². The molecule has 0 radical (unpaired) electrons. The van der Waals surface area contributed by atoms with Crippen molar-refractivity contribution < 1.29 is 18.3 Å². The lowest BCUT2D eigenvalue weighted by Crippen LogP contribution is -2.29. The van der Waals surface area contributed by atoms with Crippen LogP contribution >= 0.6 is 15.9 Å². The van der Waals surface area contributed by atoms with Gasteiger partial charge in [-0.2, -0.15) is 8.78 Å². The fraction of sp³-hybridized carbons (Fsp3) is 0.316. The number of nitrogens with one attached hydrogen (secondary N) is 1. The quantitative estimate of drug-likeness (QED) is 0.537. The monoisotopic (exact) mass is 454 g/mol. The number of aryl methyl sites for hydroxylation is 1. The zero-order valence-electron chi connectivity index (χ0n) is 15.3. The number of anilines is 1. The van der Waals surface area contributed by atoms with Gasteiger partial charge in [-0.15, -0.1) is 0 Å². The van der Waals surface area contributed by atoms with Crippen molar-refractivity contribution in [3.63, 3.8) is 0 Å². The van der Waals surface area contributed by atoms with E-state index in [1.165, 1.54) is 12.1 Å². The van der Waals surface area contributed by atoms with Gasteiger partial charge in [-0.25, -0.2) is 19.3 Å². The predicted octanol–water partition coefficient (Wildman–Crippen LogP) is 4.88. The lowest BCUT2D eigenvalue weighted by atomic mass is 9.97. The second-order valence-corrected chi connectivity index (χ2v) is 7.33. The highest BCUT2D eigenvalue weighted by atomic mass is 79.9. The van der Waals surface area contributed by atoms with Gasteiger partial charge in [-0.1, -0.05) is 12.1 Å². The molecular weight excluding hydrogens is 437 g/mol. The van der Waals surface area contributed by atoms with Crippen LogP contribution in [0.4, 0.5) is 19.0 Å². The summed E-state index contributed by atoms with van der Waals surface area (Å²) in [6.07, 6.45) is -0.437. The number of rotatable bonds is 5. The van der Waals surface area contributed by atoms with E-state index in [-0.39, 0.29) is 5.56 Å². The van der Waals surface area contributed by atoms with E-state index >= 15 is 0 Å². The maximum absolute atomic E-state index is 14.9. The number of halogens is 4. The molecule has 0 amide bonds. The summed E-state index contributed by atoms with van der Waals surface area (Å²) in [5.41, 5.74) is -0.208. The third-order valence-corrected chi connectivity index (χ3v) is 4.83. The molecule has 0 bridgehead atoms. The van der Waals surface area contributed by atoms with Gasteiger partial charge in [0.15, 0.2) is 0 Å². The number of hydrogen-bond donors (Lipinski definition) is 2. The third-order valence-electron chi connectivity index (χ3n) is 4.39. The SMILES string of the molecule is Cc1nc(N[C@H](C)c2cccc(C(F)(F)C(C)O)c2F)c2cc(Br)ncc2n1. The normalized spacial score (nSPS) is 14.1. The Bertz CT molecular complexity index is 1030. The minimum Gasteiger partial charge on any atom is -0.387 e. The predicted molar refractivity (Wildman–Crippen MR) is 104 cm³/mol. The molecule has 0 fully saturated rings. The van der Waals surface area contributed by atoms with Crippen LogP contribution < -0.4 is 5.32 Å². The molecule has 0 aliphatic heterocycles. The molecule has 0 aliphatic carbocycles. The number of hydrogen-bond acceptors (Lipinski definition) is 5. The van der Waals surface area contributed by atoms with E-state index in [1.54, 1.807) is 26.1 Å². The average Bonchev–Trinajstić information content (AvgIpc) is 2.62. The molecular formula is C19H18BrF3N4O. The maximum atomic E-state index is 14.9. The Labute approximate surface area is 168 Å². The van der Waals surface area contributed by atoms with Gasteiger partial charge < -0.3 is 10.4 Å². The number of pyridine rings is 1. The van der Waals surface area contributed by atoms with Crippen molar-refractivity contribution in [3.05, 3.63) is 57.8 Å². The Morgan fingerprint density at radius 3 is 2.61 bits per heavy atom.